The Morgan fingerprint density at radius 1 is 1.59 bits per heavy atom. The van der Waals surface area contributed by atoms with Gasteiger partial charge in [-0.3, -0.25) is 9.89 Å². The third-order valence-corrected chi connectivity index (χ3v) is 3.36. The summed E-state index contributed by atoms with van der Waals surface area (Å²) in [6.07, 6.45) is 3.01. The zero-order chi connectivity index (χ0) is 12.9. The van der Waals surface area contributed by atoms with Gasteiger partial charge in [0.2, 0.25) is 0 Å². The standard InChI is InChI=1S/C11H20N4O2/c1-3-11(4-2,7-16)6-13-10(17)9-8(12)5-14-15-9/h5,16H,3-4,6-7,12H2,1-2H3,(H,13,17)(H,14,15). The molecule has 0 radical (unpaired) electrons. The summed E-state index contributed by atoms with van der Waals surface area (Å²) in [5, 5.41) is 18.4. The first kappa shape index (κ1) is 13.5. The molecular formula is C11H20N4O2. The van der Waals surface area contributed by atoms with Gasteiger partial charge in [0, 0.05) is 12.0 Å². The number of aromatic nitrogens is 2. The average Bonchev–Trinajstić information content (AvgIpc) is 2.78. The Morgan fingerprint density at radius 2 is 2.24 bits per heavy atom. The number of carbonyl (C=O) groups is 1. The number of nitrogens with two attached hydrogens (primary N) is 1. The van der Waals surface area contributed by atoms with Crippen LogP contribution < -0.4 is 11.1 Å². The molecule has 0 spiro atoms. The molecule has 1 amide bonds. The Kier molecular flexibility index (Phi) is 4.51. The van der Waals surface area contributed by atoms with Crippen LogP contribution in [0.15, 0.2) is 6.20 Å². The number of H-pyrrole nitrogens is 1. The number of nitrogens with one attached hydrogen (secondary N) is 2. The lowest BCUT2D eigenvalue weighted by molar-refractivity contribution is 0.0847. The molecule has 0 saturated carbocycles. The Balaban J connectivity index is 2.62. The lowest BCUT2D eigenvalue weighted by Crippen LogP contribution is -2.39. The first-order valence-electron chi connectivity index (χ1n) is 5.76. The highest BCUT2D eigenvalue weighted by molar-refractivity contribution is 5.96. The monoisotopic (exact) mass is 240 g/mol. The van der Waals surface area contributed by atoms with Crippen molar-refractivity contribution in [2.75, 3.05) is 18.9 Å². The van der Waals surface area contributed by atoms with E-state index >= 15 is 0 Å². The van der Waals surface area contributed by atoms with Crippen molar-refractivity contribution in [3.63, 3.8) is 0 Å². The molecule has 0 fully saturated rings. The van der Waals surface area contributed by atoms with E-state index in [0.717, 1.165) is 12.8 Å². The second-order valence-corrected chi connectivity index (χ2v) is 4.25. The van der Waals surface area contributed by atoms with Gasteiger partial charge in [-0.1, -0.05) is 13.8 Å². The molecule has 0 aliphatic carbocycles. The van der Waals surface area contributed by atoms with E-state index < -0.39 is 0 Å². The molecule has 5 N–H and O–H groups in total. The van der Waals surface area contributed by atoms with Crippen molar-refractivity contribution in [1.82, 2.24) is 15.5 Å². The Bertz CT molecular complexity index is 363. The van der Waals surface area contributed by atoms with Crippen LogP contribution in [-0.4, -0.2) is 34.4 Å². The molecule has 6 heteroatoms. The molecule has 1 heterocycles. The largest absolute Gasteiger partial charge is 0.396 e. The number of aliphatic hydroxyl groups is 1. The highest BCUT2D eigenvalue weighted by atomic mass is 16.3. The summed E-state index contributed by atoms with van der Waals surface area (Å²) in [4.78, 5) is 11.8. The van der Waals surface area contributed by atoms with Gasteiger partial charge < -0.3 is 16.2 Å². The van der Waals surface area contributed by atoms with Gasteiger partial charge in [-0.05, 0) is 12.8 Å². The molecule has 0 bridgehead atoms. The van der Waals surface area contributed by atoms with Gasteiger partial charge in [0.1, 0.15) is 5.69 Å². The van der Waals surface area contributed by atoms with Gasteiger partial charge in [-0.25, -0.2) is 0 Å². The number of hydrogen-bond donors (Lipinski definition) is 4. The second-order valence-electron chi connectivity index (χ2n) is 4.25. The number of anilines is 1. The van der Waals surface area contributed by atoms with E-state index in [1.165, 1.54) is 6.20 Å². The fourth-order valence-corrected chi connectivity index (χ4v) is 1.61. The predicted octanol–water partition coefficient (Wildman–Crippen LogP) is 0.520. The SMILES string of the molecule is CCC(CC)(CO)CNC(=O)c1[nH]ncc1N. The number of rotatable bonds is 6. The van der Waals surface area contributed by atoms with Crippen LogP contribution in [0.1, 0.15) is 37.2 Å². The Hall–Kier alpha value is -1.56. The van der Waals surface area contributed by atoms with E-state index in [9.17, 15) is 9.90 Å². The van der Waals surface area contributed by atoms with Crippen molar-refractivity contribution in [1.29, 1.82) is 0 Å². The minimum Gasteiger partial charge on any atom is -0.396 e. The number of aromatic amines is 1. The summed E-state index contributed by atoms with van der Waals surface area (Å²) in [5.41, 5.74) is 5.91. The van der Waals surface area contributed by atoms with Gasteiger partial charge in [0.05, 0.1) is 18.5 Å². The first-order valence-corrected chi connectivity index (χ1v) is 5.76. The van der Waals surface area contributed by atoms with Crippen LogP contribution in [0.3, 0.4) is 0 Å². The highest BCUT2D eigenvalue weighted by Gasteiger charge is 2.26. The summed E-state index contributed by atoms with van der Waals surface area (Å²) in [6, 6.07) is 0. The summed E-state index contributed by atoms with van der Waals surface area (Å²) >= 11 is 0. The normalized spacial score (nSPS) is 11.5. The van der Waals surface area contributed by atoms with Crippen molar-refractivity contribution in [3.8, 4) is 0 Å². The number of carbonyl (C=O) groups excluding carboxylic acids is 1. The van der Waals surface area contributed by atoms with Crippen molar-refractivity contribution >= 4 is 11.6 Å². The van der Waals surface area contributed by atoms with Crippen molar-refractivity contribution in [2.45, 2.75) is 26.7 Å². The molecular weight excluding hydrogens is 220 g/mol. The van der Waals surface area contributed by atoms with Crippen molar-refractivity contribution in [2.24, 2.45) is 5.41 Å². The van der Waals surface area contributed by atoms with Gasteiger partial charge in [0.25, 0.3) is 5.91 Å². The van der Waals surface area contributed by atoms with Gasteiger partial charge in [-0.15, -0.1) is 0 Å². The molecule has 6 nitrogen and oxygen atoms in total. The van der Waals surface area contributed by atoms with Crippen LogP contribution in [0.2, 0.25) is 0 Å². The van der Waals surface area contributed by atoms with E-state index in [1.807, 2.05) is 13.8 Å². The molecule has 1 rings (SSSR count). The molecule has 1 aromatic heterocycles. The van der Waals surface area contributed by atoms with E-state index in [2.05, 4.69) is 15.5 Å². The third kappa shape index (κ3) is 2.97. The summed E-state index contributed by atoms with van der Waals surface area (Å²) in [5.74, 6) is -0.292. The molecule has 1 aromatic rings. The fourth-order valence-electron chi connectivity index (χ4n) is 1.61. The minimum atomic E-state index is -0.292. The molecule has 96 valence electrons. The average molecular weight is 240 g/mol. The van der Waals surface area contributed by atoms with Crippen molar-refractivity contribution in [3.05, 3.63) is 11.9 Å². The number of nitrogens with zero attached hydrogens (tertiary/aromatic N) is 1. The summed E-state index contributed by atoms with van der Waals surface area (Å²) in [7, 11) is 0. The topological polar surface area (TPSA) is 104 Å². The number of amides is 1. The van der Waals surface area contributed by atoms with Gasteiger partial charge in [-0.2, -0.15) is 5.10 Å². The van der Waals surface area contributed by atoms with E-state index in [4.69, 9.17) is 5.73 Å². The van der Waals surface area contributed by atoms with Crippen LogP contribution in [0, 0.1) is 5.41 Å². The molecule has 0 saturated heterocycles. The number of aliphatic hydroxyl groups excluding tert-OH is 1. The van der Waals surface area contributed by atoms with Crippen LogP contribution in [-0.2, 0) is 0 Å². The summed E-state index contributed by atoms with van der Waals surface area (Å²) in [6.45, 7) is 4.47. The zero-order valence-electron chi connectivity index (χ0n) is 10.3. The highest BCUT2D eigenvalue weighted by Crippen LogP contribution is 2.24. The summed E-state index contributed by atoms with van der Waals surface area (Å²) < 4.78 is 0. The lowest BCUT2D eigenvalue weighted by atomic mass is 9.83. The molecule has 0 atom stereocenters. The number of nitrogen functional groups attached to an aromatic ring is 1. The van der Waals surface area contributed by atoms with E-state index in [-0.39, 0.29) is 23.6 Å². The fraction of sp³-hybridized carbons (Fsp3) is 0.636. The quantitative estimate of drug-likeness (QED) is 0.582. The Labute approximate surface area is 101 Å². The Morgan fingerprint density at radius 3 is 2.65 bits per heavy atom. The second kappa shape index (κ2) is 5.67. The van der Waals surface area contributed by atoms with Gasteiger partial charge in [0.15, 0.2) is 0 Å². The van der Waals surface area contributed by atoms with Crippen LogP contribution in [0.25, 0.3) is 0 Å². The van der Waals surface area contributed by atoms with Crippen LogP contribution in [0.4, 0.5) is 5.69 Å². The predicted molar refractivity (Wildman–Crippen MR) is 65.4 cm³/mol. The van der Waals surface area contributed by atoms with Crippen LogP contribution in [0.5, 0.6) is 0 Å². The molecule has 0 aromatic carbocycles. The lowest BCUT2D eigenvalue weighted by Gasteiger charge is -2.29. The van der Waals surface area contributed by atoms with Gasteiger partial charge >= 0.3 is 0 Å². The maximum absolute atomic E-state index is 11.8. The minimum absolute atomic E-state index is 0.0543. The molecule has 0 aliphatic heterocycles. The number of hydrogen-bond acceptors (Lipinski definition) is 4. The van der Waals surface area contributed by atoms with E-state index in [1.54, 1.807) is 0 Å². The maximum Gasteiger partial charge on any atom is 0.271 e. The smallest absolute Gasteiger partial charge is 0.271 e. The third-order valence-electron chi connectivity index (χ3n) is 3.36. The molecule has 0 unspecified atom stereocenters. The van der Waals surface area contributed by atoms with Crippen molar-refractivity contribution < 1.29 is 9.90 Å². The van der Waals surface area contributed by atoms with Crippen LogP contribution >= 0.6 is 0 Å². The molecule has 17 heavy (non-hydrogen) atoms. The maximum atomic E-state index is 11.8. The van der Waals surface area contributed by atoms with E-state index in [0.29, 0.717) is 12.2 Å². The molecule has 0 aliphatic rings. The first-order chi connectivity index (χ1) is 8.08. The zero-order valence-corrected chi connectivity index (χ0v) is 10.3.